The summed E-state index contributed by atoms with van der Waals surface area (Å²) in [5, 5.41) is 3.70. The van der Waals surface area contributed by atoms with Crippen LogP contribution in [0.2, 0.25) is 0 Å². The minimum atomic E-state index is 0.339. The van der Waals surface area contributed by atoms with E-state index in [4.69, 9.17) is 4.74 Å². The molecule has 1 fully saturated rings. The smallest absolute Gasteiger partial charge is 0.133 e. The lowest BCUT2D eigenvalue weighted by Crippen LogP contribution is -2.34. The molecule has 2 nitrogen and oxygen atoms in total. The van der Waals surface area contributed by atoms with Crippen molar-refractivity contribution in [3.8, 4) is 5.75 Å². The highest BCUT2D eigenvalue weighted by molar-refractivity contribution is 9.10. The monoisotopic (exact) mass is 339 g/mol. The van der Waals surface area contributed by atoms with Gasteiger partial charge in [-0.1, -0.05) is 26.3 Å². The summed E-state index contributed by atoms with van der Waals surface area (Å²) in [6, 6.07) is 7.23. The van der Waals surface area contributed by atoms with Gasteiger partial charge in [-0.25, -0.2) is 0 Å². The van der Waals surface area contributed by atoms with E-state index in [9.17, 15) is 0 Å². The van der Waals surface area contributed by atoms with Gasteiger partial charge in [-0.3, -0.25) is 0 Å². The summed E-state index contributed by atoms with van der Waals surface area (Å²) in [4.78, 5) is 0. The normalized spacial score (nSPS) is 17.8. The van der Waals surface area contributed by atoms with Crippen LogP contribution < -0.4 is 10.1 Å². The zero-order valence-corrected chi connectivity index (χ0v) is 14.4. The average Bonchev–Trinajstić information content (AvgIpc) is 3.21. The molecule has 0 amide bonds. The van der Waals surface area contributed by atoms with Gasteiger partial charge < -0.3 is 10.1 Å². The van der Waals surface area contributed by atoms with Gasteiger partial charge in [0.25, 0.3) is 0 Å². The molecular formula is C17H26BrNO. The van der Waals surface area contributed by atoms with Gasteiger partial charge in [0.05, 0.1) is 11.6 Å². The quantitative estimate of drug-likeness (QED) is 0.749. The van der Waals surface area contributed by atoms with E-state index in [0.29, 0.717) is 5.41 Å². The third-order valence-electron chi connectivity index (χ3n) is 4.10. The molecule has 1 N–H and O–H groups in total. The summed E-state index contributed by atoms with van der Waals surface area (Å²) >= 11 is 3.59. The third-order valence-corrected chi connectivity index (χ3v) is 4.72. The van der Waals surface area contributed by atoms with E-state index in [1.807, 2.05) is 0 Å². The summed E-state index contributed by atoms with van der Waals surface area (Å²) in [5.41, 5.74) is 1.72. The molecular weight excluding hydrogens is 314 g/mol. The van der Waals surface area contributed by atoms with Crippen LogP contribution in [0, 0.1) is 5.41 Å². The van der Waals surface area contributed by atoms with Gasteiger partial charge in [-0.2, -0.15) is 0 Å². The zero-order valence-electron chi connectivity index (χ0n) is 12.8. The molecule has 1 aliphatic rings. The maximum absolute atomic E-state index is 5.31. The van der Waals surface area contributed by atoms with Gasteiger partial charge in [0.1, 0.15) is 5.75 Å². The largest absolute Gasteiger partial charge is 0.496 e. The molecule has 0 spiro atoms. The molecule has 0 aliphatic heterocycles. The van der Waals surface area contributed by atoms with Crippen molar-refractivity contribution in [1.29, 1.82) is 0 Å². The number of benzene rings is 1. The van der Waals surface area contributed by atoms with Gasteiger partial charge in [0, 0.05) is 12.6 Å². The second-order valence-corrected chi connectivity index (χ2v) is 7.22. The first-order valence-electron chi connectivity index (χ1n) is 7.62. The SMILES string of the molecule is CCCC(C)(CNC1CC1)Cc1ccc(OC)c(Br)c1. The molecule has 1 aromatic rings. The lowest BCUT2D eigenvalue weighted by atomic mass is 9.79. The molecule has 0 saturated heterocycles. The first kappa shape index (κ1) is 15.8. The Kier molecular flexibility index (Phi) is 5.50. The van der Waals surface area contributed by atoms with Gasteiger partial charge in [0.15, 0.2) is 0 Å². The molecule has 0 bridgehead atoms. The number of rotatable bonds is 8. The molecule has 1 unspecified atom stereocenters. The van der Waals surface area contributed by atoms with Crippen LogP contribution in [0.5, 0.6) is 5.75 Å². The number of nitrogens with one attached hydrogen (secondary N) is 1. The lowest BCUT2D eigenvalue weighted by Gasteiger charge is -2.30. The zero-order chi connectivity index (χ0) is 14.6. The molecule has 1 aliphatic carbocycles. The second-order valence-electron chi connectivity index (χ2n) is 6.36. The Morgan fingerprint density at radius 1 is 1.40 bits per heavy atom. The Balaban J connectivity index is 2.03. The Labute approximate surface area is 131 Å². The first-order chi connectivity index (χ1) is 9.56. The van der Waals surface area contributed by atoms with Crippen molar-refractivity contribution in [2.75, 3.05) is 13.7 Å². The average molecular weight is 340 g/mol. The maximum Gasteiger partial charge on any atom is 0.133 e. The van der Waals surface area contributed by atoms with Crippen LogP contribution in [-0.2, 0) is 6.42 Å². The van der Waals surface area contributed by atoms with Gasteiger partial charge >= 0.3 is 0 Å². The van der Waals surface area contributed by atoms with E-state index in [1.165, 1.54) is 31.2 Å². The van der Waals surface area contributed by atoms with Crippen LogP contribution >= 0.6 is 15.9 Å². The highest BCUT2D eigenvalue weighted by Gasteiger charge is 2.28. The van der Waals surface area contributed by atoms with Crippen molar-refractivity contribution in [2.24, 2.45) is 5.41 Å². The van der Waals surface area contributed by atoms with Crippen LogP contribution in [-0.4, -0.2) is 19.7 Å². The predicted molar refractivity (Wildman–Crippen MR) is 88.4 cm³/mol. The summed E-state index contributed by atoms with van der Waals surface area (Å²) < 4.78 is 6.35. The highest BCUT2D eigenvalue weighted by atomic mass is 79.9. The van der Waals surface area contributed by atoms with Gasteiger partial charge in [0.2, 0.25) is 0 Å². The standard InChI is InChI=1S/C17H26BrNO/c1-4-9-17(2,12-19-14-6-7-14)11-13-5-8-16(20-3)15(18)10-13/h5,8,10,14,19H,4,6-7,9,11-12H2,1-3H3. The Morgan fingerprint density at radius 2 is 2.15 bits per heavy atom. The molecule has 1 atom stereocenters. The van der Waals surface area contributed by atoms with Crippen molar-refractivity contribution >= 4 is 15.9 Å². The fraction of sp³-hybridized carbons (Fsp3) is 0.647. The summed E-state index contributed by atoms with van der Waals surface area (Å²) in [6.45, 7) is 5.80. The summed E-state index contributed by atoms with van der Waals surface area (Å²) in [5.74, 6) is 0.905. The first-order valence-corrected chi connectivity index (χ1v) is 8.41. The van der Waals surface area contributed by atoms with Gasteiger partial charge in [-0.15, -0.1) is 0 Å². The van der Waals surface area contributed by atoms with Crippen molar-refractivity contribution in [2.45, 2.75) is 52.0 Å². The molecule has 0 radical (unpaired) electrons. The van der Waals surface area contributed by atoms with Gasteiger partial charge in [-0.05, 0) is 64.7 Å². The summed E-state index contributed by atoms with van der Waals surface area (Å²) in [7, 11) is 1.71. The number of hydrogen-bond acceptors (Lipinski definition) is 2. The van der Waals surface area contributed by atoms with Crippen molar-refractivity contribution in [3.05, 3.63) is 28.2 Å². The second kappa shape index (κ2) is 6.95. The number of ether oxygens (including phenoxy) is 1. The molecule has 0 aromatic heterocycles. The molecule has 112 valence electrons. The Hall–Kier alpha value is -0.540. The fourth-order valence-corrected chi connectivity index (χ4v) is 3.42. The predicted octanol–water partition coefficient (Wildman–Crippen LogP) is 4.56. The van der Waals surface area contributed by atoms with Crippen molar-refractivity contribution in [1.82, 2.24) is 5.32 Å². The molecule has 20 heavy (non-hydrogen) atoms. The van der Waals surface area contributed by atoms with E-state index >= 15 is 0 Å². The molecule has 1 aromatic carbocycles. The van der Waals surface area contributed by atoms with Crippen molar-refractivity contribution < 1.29 is 4.74 Å². The van der Waals surface area contributed by atoms with E-state index in [1.54, 1.807) is 7.11 Å². The Morgan fingerprint density at radius 3 is 2.70 bits per heavy atom. The van der Waals surface area contributed by atoms with Crippen LogP contribution in [0.15, 0.2) is 22.7 Å². The molecule has 1 saturated carbocycles. The van der Waals surface area contributed by atoms with E-state index < -0.39 is 0 Å². The van der Waals surface area contributed by atoms with Crippen LogP contribution in [0.4, 0.5) is 0 Å². The number of hydrogen-bond donors (Lipinski definition) is 1. The minimum absolute atomic E-state index is 0.339. The fourth-order valence-electron chi connectivity index (χ4n) is 2.83. The minimum Gasteiger partial charge on any atom is -0.496 e. The van der Waals surface area contributed by atoms with Crippen LogP contribution in [0.1, 0.15) is 45.1 Å². The summed E-state index contributed by atoms with van der Waals surface area (Å²) in [6.07, 6.45) is 6.33. The maximum atomic E-state index is 5.31. The topological polar surface area (TPSA) is 21.3 Å². The number of halogens is 1. The van der Waals surface area contributed by atoms with Crippen molar-refractivity contribution in [3.63, 3.8) is 0 Å². The Bertz CT molecular complexity index is 445. The lowest BCUT2D eigenvalue weighted by molar-refractivity contribution is 0.274. The van der Waals surface area contributed by atoms with E-state index in [2.05, 4.69) is 53.3 Å². The number of methoxy groups -OCH3 is 1. The molecule has 0 heterocycles. The third kappa shape index (κ3) is 4.49. The molecule has 3 heteroatoms. The van der Waals surface area contributed by atoms with E-state index in [-0.39, 0.29) is 0 Å². The van der Waals surface area contributed by atoms with Crippen LogP contribution in [0.3, 0.4) is 0 Å². The van der Waals surface area contributed by atoms with E-state index in [0.717, 1.165) is 29.2 Å². The highest BCUT2D eigenvalue weighted by Crippen LogP contribution is 2.32. The molecule has 2 rings (SSSR count). The van der Waals surface area contributed by atoms with Crippen LogP contribution in [0.25, 0.3) is 0 Å².